The van der Waals surface area contributed by atoms with Crippen LogP contribution in [0.5, 0.6) is 0 Å². The van der Waals surface area contributed by atoms with Crippen molar-refractivity contribution >= 4 is 5.97 Å². The summed E-state index contributed by atoms with van der Waals surface area (Å²) in [5.41, 5.74) is 0. The molecule has 1 saturated carbocycles. The topological polar surface area (TPSA) is 38.3 Å². The Kier molecular flexibility index (Phi) is 8.06. The normalized spacial score (nSPS) is 17.0. The maximum Gasteiger partial charge on any atom is 0.305 e. The van der Waals surface area contributed by atoms with E-state index >= 15 is 0 Å². The number of ether oxygens (including phenoxy) is 1. The number of esters is 1. The fourth-order valence-electron chi connectivity index (χ4n) is 2.42. The van der Waals surface area contributed by atoms with E-state index in [1.54, 1.807) is 0 Å². The van der Waals surface area contributed by atoms with Crippen LogP contribution in [0.2, 0.25) is 0 Å². The number of hydrogen-bond donors (Lipinski definition) is 1. The summed E-state index contributed by atoms with van der Waals surface area (Å²) in [5, 5.41) is 3.62. The summed E-state index contributed by atoms with van der Waals surface area (Å²) in [6.45, 7) is 3.46. The molecule has 0 bridgehead atoms. The van der Waals surface area contributed by atoms with Crippen LogP contribution < -0.4 is 5.32 Å². The Hall–Kier alpha value is -0.570. The Labute approximate surface area is 105 Å². The second-order valence-corrected chi connectivity index (χ2v) is 4.90. The first-order valence-electron chi connectivity index (χ1n) is 7.22. The molecular formula is C14H27NO2. The fourth-order valence-corrected chi connectivity index (χ4v) is 2.42. The van der Waals surface area contributed by atoms with E-state index in [0.29, 0.717) is 13.0 Å². The monoisotopic (exact) mass is 241 g/mol. The molecular weight excluding hydrogens is 214 g/mol. The summed E-state index contributed by atoms with van der Waals surface area (Å²) in [6.07, 6.45) is 10.7. The first-order valence-corrected chi connectivity index (χ1v) is 7.22. The molecule has 0 saturated heterocycles. The van der Waals surface area contributed by atoms with Gasteiger partial charge in [0.15, 0.2) is 0 Å². The van der Waals surface area contributed by atoms with Crippen LogP contribution in [0.1, 0.15) is 64.7 Å². The van der Waals surface area contributed by atoms with Gasteiger partial charge in [-0.15, -0.1) is 0 Å². The first kappa shape index (κ1) is 14.5. The number of carbonyl (C=O) groups is 1. The van der Waals surface area contributed by atoms with Crippen LogP contribution in [0.4, 0.5) is 0 Å². The molecule has 0 aliphatic heterocycles. The van der Waals surface area contributed by atoms with E-state index in [1.165, 1.54) is 38.5 Å². The van der Waals surface area contributed by atoms with E-state index in [-0.39, 0.29) is 5.97 Å². The Morgan fingerprint density at radius 2 is 1.94 bits per heavy atom. The second kappa shape index (κ2) is 9.46. The molecule has 1 aliphatic rings. The quantitative estimate of drug-likeness (QED) is 0.524. The fraction of sp³-hybridized carbons (Fsp3) is 0.929. The average Bonchev–Trinajstić information content (AvgIpc) is 2.35. The minimum Gasteiger partial charge on any atom is -0.466 e. The van der Waals surface area contributed by atoms with Crippen molar-refractivity contribution in [3.63, 3.8) is 0 Å². The SMILES string of the molecule is CCOC(=O)CCCCCNC1CCCCC1. The molecule has 17 heavy (non-hydrogen) atoms. The molecule has 0 atom stereocenters. The molecule has 1 N–H and O–H groups in total. The molecule has 0 unspecified atom stereocenters. The molecule has 3 nitrogen and oxygen atoms in total. The maximum atomic E-state index is 11.1. The molecule has 1 aliphatic carbocycles. The standard InChI is InChI=1S/C14H27NO2/c1-2-17-14(16)11-7-4-8-12-15-13-9-5-3-6-10-13/h13,15H,2-12H2,1H3. The third-order valence-corrected chi connectivity index (χ3v) is 3.40. The van der Waals surface area contributed by atoms with Gasteiger partial charge < -0.3 is 10.1 Å². The summed E-state index contributed by atoms with van der Waals surface area (Å²) in [7, 11) is 0. The lowest BCUT2D eigenvalue weighted by molar-refractivity contribution is -0.143. The summed E-state index contributed by atoms with van der Waals surface area (Å²) in [5.74, 6) is -0.0484. The summed E-state index contributed by atoms with van der Waals surface area (Å²) < 4.78 is 4.89. The van der Waals surface area contributed by atoms with Crippen LogP contribution in [0.3, 0.4) is 0 Å². The van der Waals surface area contributed by atoms with Crippen LogP contribution >= 0.6 is 0 Å². The van der Waals surface area contributed by atoms with E-state index in [4.69, 9.17) is 4.74 Å². The van der Waals surface area contributed by atoms with Crippen LogP contribution in [0.15, 0.2) is 0 Å². The van der Waals surface area contributed by atoms with Gasteiger partial charge in [-0.3, -0.25) is 4.79 Å². The minimum absolute atomic E-state index is 0.0484. The zero-order valence-electron chi connectivity index (χ0n) is 11.2. The molecule has 100 valence electrons. The number of hydrogen-bond acceptors (Lipinski definition) is 3. The van der Waals surface area contributed by atoms with Crippen molar-refractivity contribution in [3.8, 4) is 0 Å². The number of unbranched alkanes of at least 4 members (excludes halogenated alkanes) is 2. The molecule has 0 radical (unpaired) electrons. The smallest absolute Gasteiger partial charge is 0.305 e. The molecule has 0 aromatic carbocycles. The van der Waals surface area contributed by atoms with Gasteiger partial charge >= 0.3 is 5.97 Å². The van der Waals surface area contributed by atoms with E-state index in [1.807, 2.05) is 6.92 Å². The number of rotatable bonds is 8. The summed E-state index contributed by atoms with van der Waals surface area (Å²) >= 11 is 0. The molecule has 0 heterocycles. The van der Waals surface area contributed by atoms with Gasteiger partial charge in [0.2, 0.25) is 0 Å². The molecule has 0 aromatic rings. The van der Waals surface area contributed by atoms with E-state index < -0.39 is 0 Å². The lowest BCUT2D eigenvalue weighted by atomic mass is 9.95. The van der Waals surface area contributed by atoms with Crippen molar-refractivity contribution in [2.75, 3.05) is 13.2 Å². The second-order valence-electron chi connectivity index (χ2n) is 4.90. The van der Waals surface area contributed by atoms with E-state index in [0.717, 1.165) is 25.4 Å². The number of nitrogens with one attached hydrogen (secondary N) is 1. The van der Waals surface area contributed by atoms with Gasteiger partial charge in [-0.25, -0.2) is 0 Å². The molecule has 0 amide bonds. The van der Waals surface area contributed by atoms with Crippen LogP contribution in [0.25, 0.3) is 0 Å². The van der Waals surface area contributed by atoms with Crippen molar-refractivity contribution < 1.29 is 9.53 Å². The highest BCUT2D eigenvalue weighted by Crippen LogP contribution is 2.17. The first-order chi connectivity index (χ1) is 8.33. The van der Waals surface area contributed by atoms with Gasteiger partial charge in [0, 0.05) is 12.5 Å². The Bertz CT molecular complexity index is 200. The van der Waals surface area contributed by atoms with Crippen LogP contribution in [0, 0.1) is 0 Å². The van der Waals surface area contributed by atoms with Gasteiger partial charge in [0.05, 0.1) is 6.61 Å². The third kappa shape index (κ3) is 7.37. The Morgan fingerprint density at radius 1 is 1.18 bits per heavy atom. The highest BCUT2D eigenvalue weighted by Gasteiger charge is 2.11. The predicted octanol–water partition coefficient (Wildman–Crippen LogP) is 3.03. The van der Waals surface area contributed by atoms with Gasteiger partial charge in [-0.1, -0.05) is 25.7 Å². The zero-order valence-corrected chi connectivity index (χ0v) is 11.2. The Morgan fingerprint density at radius 3 is 2.65 bits per heavy atom. The van der Waals surface area contributed by atoms with Crippen molar-refractivity contribution in [2.24, 2.45) is 0 Å². The third-order valence-electron chi connectivity index (χ3n) is 3.40. The largest absolute Gasteiger partial charge is 0.466 e. The zero-order chi connectivity index (χ0) is 12.3. The van der Waals surface area contributed by atoms with Crippen molar-refractivity contribution in [3.05, 3.63) is 0 Å². The molecule has 1 fully saturated rings. The highest BCUT2D eigenvalue weighted by atomic mass is 16.5. The van der Waals surface area contributed by atoms with Gasteiger partial charge in [-0.05, 0) is 39.2 Å². The molecule has 3 heteroatoms. The van der Waals surface area contributed by atoms with Gasteiger partial charge in [0.1, 0.15) is 0 Å². The van der Waals surface area contributed by atoms with Crippen LogP contribution in [-0.4, -0.2) is 25.2 Å². The molecule has 1 rings (SSSR count). The van der Waals surface area contributed by atoms with Crippen molar-refractivity contribution in [1.29, 1.82) is 0 Å². The van der Waals surface area contributed by atoms with Crippen molar-refractivity contribution in [1.82, 2.24) is 5.32 Å². The number of carbonyl (C=O) groups excluding carboxylic acids is 1. The minimum atomic E-state index is -0.0484. The molecule has 0 spiro atoms. The lowest BCUT2D eigenvalue weighted by Crippen LogP contribution is -2.31. The Balaban J connectivity index is 1.85. The van der Waals surface area contributed by atoms with Gasteiger partial charge in [-0.2, -0.15) is 0 Å². The highest BCUT2D eigenvalue weighted by molar-refractivity contribution is 5.69. The molecule has 0 aromatic heterocycles. The van der Waals surface area contributed by atoms with E-state index in [9.17, 15) is 4.79 Å². The van der Waals surface area contributed by atoms with E-state index in [2.05, 4.69) is 5.32 Å². The van der Waals surface area contributed by atoms with Crippen LogP contribution in [-0.2, 0) is 9.53 Å². The summed E-state index contributed by atoms with van der Waals surface area (Å²) in [6, 6.07) is 0.758. The van der Waals surface area contributed by atoms with Crippen molar-refractivity contribution in [2.45, 2.75) is 70.8 Å². The summed E-state index contributed by atoms with van der Waals surface area (Å²) in [4.78, 5) is 11.1. The average molecular weight is 241 g/mol. The van der Waals surface area contributed by atoms with Gasteiger partial charge in [0.25, 0.3) is 0 Å². The maximum absolute atomic E-state index is 11.1. The lowest BCUT2D eigenvalue weighted by Gasteiger charge is -2.22. The predicted molar refractivity (Wildman–Crippen MR) is 70.0 cm³/mol.